The normalized spacial score (nSPS) is 11.7. The van der Waals surface area contributed by atoms with Gasteiger partial charge in [-0.2, -0.15) is 0 Å². The number of nitrogens with zero attached hydrogens (tertiary/aromatic N) is 1. The zero-order chi connectivity index (χ0) is 13.9. The number of hydrogen-bond acceptors (Lipinski definition) is 1. The highest BCUT2D eigenvalue weighted by Gasteiger charge is 2.10. The lowest BCUT2D eigenvalue weighted by Gasteiger charge is -2.04. The molecule has 98 valence electrons. The molecular formula is C15H8ClFN2O. The van der Waals surface area contributed by atoms with Crippen LogP contribution >= 0.6 is 11.6 Å². The maximum Gasteiger partial charge on any atom is 0.272 e. The van der Waals surface area contributed by atoms with Gasteiger partial charge < -0.3 is 9.38 Å². The Labute approximate surface area is 117 Å². The van der Waals surface area contributed by atoms with E-state index in [2.05, 4.69) is 4.98 Å². The van der Waals surface area contributed by atoms with Crippen molar-refractivity contribution in [2.75, 3.05) is 0 Å². The summed E-state index contributed by atoms with van der Waals surface area (Å²) >= 11 is 5.97. The fraction of sp³-hybridized carbons (Fsp3) is 0. The SMILES string of the molecule is O=c1[nH]c2ccc(F)cc2n2c1cc1cc(Cl)ccc12. The van der Waals surface area contributed by atoms with Gasteiger partial charge in [0.05, 0.1) is 16.6 Å². The van der Waals surface area contributed by atoms with E-state index in [0.717, 1.165) is 10.9 Å². The molecule has 0 spiro atoms. The Bertz CT molecular complexity index is 1050. The second-order valence-electron chi connectivity index (χ2n) is 4.68. The topological polar surface area (TPSA) is 37.3 Å². The Kier molecular flexibility index (Phi) is 2.20. The number of hydrogen-bond donors (Lipinski definition) is 1. The summed E-state index contributed by atoms with van der Waals surface area (Å²) in [5.74, 6) is -0.346. The molecular weight excluding hydrogens is 279 g/mol. The number of halogens is 2. The number of aromatic nitrogens is 2. The summed E-state index contributed by atoms with van der Waals surface area (Å²) in [6.07, 6.45) is 0. The van der Waals surface area contributed by atoms with Crippen LogP contribution < -0.4 is 5.56 Å². The molecule has 0 aliphatic rings. The monoisotopic (exact) mass is 286 g/mol. The average Bonchev–Trinajstić information content (AvgIpc) is 2.79. The van der Waals surface area contributed by atoms with E-state index >= 15 is 0 Å². The summed E-state index contributed by atoms with van der Waals surface area (Å²) in [4.78, 5) is 14.9. The van der Waals surface area contributed by atoms with Crippen LogP contribution in [-0.4, -0.2) is 9.38 Å². The Morgan fingerprint density at radius 2 is 1.85 bits per heavy atom. The smallest absolute Gasteiger partial charge is 0.272 e. The van der Waals surface area contributed by atoms with E-state index in [0.29, 0.717) is 21.6 Å². The first-order valence-electron chi connectivity index (χ1n) is 6.06. The fourth-order valence-corrected chi connectivity index (χ4v) is 2.78. The summed E-state index contributed by atoms with van der Waals surface area (Å²) in [5.41, 5.74) is 2.30. The van der Waals surface area contributed by atoms with Crippen molar-refractivity contribution in [1.82, 2.24) is 9.38 Å². The molecule has 1 N–H and O–H groups in total. The van der Waals surface area contributed by atoms with Crippen molar-refractivity contribution in [2.45, 2.75) is 0 Å². The van der Waals surface area contributed by atoms with Crippen molar-refractivity contribution in [3.8, 4) is 0 Å². The molecule has 2 heterocycles. The Balaban J connectivity index is 2.37. The second-order valence-corrected chi connectivity index (χ2v) is 5.12. The van der Waals surface area contributed by atoms with Gasteiger partial charge in [-0.1, -0.05) is 11.6 Å². The molecule has 0 atom stereocenters. The van der Waals surface area contributed by atoms with Crippen LogP contribution in [0.4, 0.5) is 4.39 Å². The summed E-state index contributed by atoms with van der Waals surface area (Å²) in [7, 11) is 0. The van der Waals surface area contributed by atoms with Gasteiger partial charge in [-0.3, -0.25) is 4.79 Å². The minimum atomic E-state index is -0.346. The number of benzene rings is 2. The molecule has 0 unspecified atom stereocenters. The number of aromatic amines is 1. The highest BCUT2D eigenvalue weighted by Crippen LogP contribution is 2.25. The van der Waals surface area contributed by atoms with Crippen LogP contribution in [0.25, 0.3) is 27.5 Å². The molecule has 0 amide bonds. The van der Waals surface area contributed by atoms with Crippen molar-refractivity contribution in [2.24, 2.45) is 0 Å². The van der Waals surface area contributed by atoms with E-state index in [9.17, 15) is 9.18 Å². The van der Waals surface area contributed by atoms with E-state index < -0.39 is 0 Å². The lowest BCUT2D eigenvalue weighted by atomic mass is 10.2. The van der Waals surface area contributed by atoms with Crippen molar-refractivity contribution < 1.29 is 4.39 Å². The third kappa shape index (κ3) is 1.48. The first-order chi connectivity index (χ1) is 9.63. The molecule has 0 aliphatic heterocycles. The van der Waals surface area contributed by atoms with Crippen LogP contribution in [0.1, 0.15) is 0 Å². The van der Waals surface area contributed by atoms with E-state index in [1.54, 1.807) is 28.7 Å². The maximum atomic E-state index is 13.5. The van der Waals surface area contributed by atoms with Gasteiger partial charge in [0.2, 0.25) is 0 Å². The zero-order valence-electron chi connectivity index (χ0n) is 10.2. The maximum absolute atomic E-state index is 13.5. The van der Waals surface area contributed by atoms with E-state index in [-0.39, 0.29) is 11.4 Å². The first kappa shape index (κ1) is 11.5. The highest BCUT2D eigenvalue weighted by atomic mass is 35.5. The van der Waals surface area contributed by atoms with Gasteiger partial charge in [-0.05, 0) is 36.4 Å². The van der Waals surface area contributed by atoms with Gasteiger partial charge in [0.25, 0.3) is 5.56 Å². The van der Waals surface area contributed by atoms with Crippen LogP contribution in [0, 0.1) is 5.82 Å². The quantitative estimate of drug-likeness (QED) is 0.525. The standard InChI is InChI=1S/C15H8ClFN2O/c16-9-1-4-12-8(5-9)6-14-15(20)18-11-3-2-10(17)7-13(11)19(12)14/h1-7H,(H,18,20). The summed E-state index contributed by atoms with van der Waals surface area (Å²) in [6, 6.07) is 11.4. The molecule has 2 aromatic heterocycles. The van der Waals surface area contributed by atoms with Crippen molar-refractivity contribution in [3.63, 3.8) is 0 Å². The lowest BCUT2D eigenvalue weighted by Crippen LogP contribution is -2.09. The molecule has 0 bridgehead atoms. The Morgan fingerprint density at radius 3 is 2.70 bits per heavy atom. The summed E-state index contributed by atoms with van der Waals surface area (Å²) in [6.45, 7) is 0. The van der Waals surface area contributed by atoms with Gasteiger partial charge in [0.1, 0.15) is 11.3 Å². The van der Waals surface area contributed by atoms with Gasteiger partial charge >= 0.3 is 0 Å². The van der Waals surface area contributed by atoms with Crippen molar-refractivity contribution in [3.05, 3.63) is 63.7 Å². The molecule has 0 saturated carbocycles. The number of fused-ring (bicyclic) bond motifs is 5. The summed E-state index contributed by atoms with van der Waals surface area (Å²) in [5, 5.41) is 1.44. The Hall–Kier alpha value is -2.33. The predicted octanol–water partition coefficient (Wildman–Crippen LogP) is 3.73. The third-order valence-corrected chi connectivity index (χ3v) is 3.68. The fourth-order valence-electron chi connectivity index (χ4n) is 2.59. The molecule has 4 aromatic rings. The van der Waals surface area contributed by atoms with Crippen LogP contribution in [0.15, 0.2) is 47.3 Å². The molecule has 0 fully saturated rings. The van der Waals surface area contributed by atoms with Crippen LogP contribution in [-0.2, 0) is 0 Å². The van der Waals surface area contributed by atoms with E-state index in [4.69, 9.17) is 11.6 Å². The average molecular weight is 287 g/mol. The molecule has 2 aromatic carbocycles. The Morgan fingerprint density at radius 1 is 1.00 bits per heavy atom. The third-order valence-electron chi connectivity index (χ3n) is 3.45. The number of H-pyrrole nitrogens is 1. The minimum absolute atomic E-state index is 0.212. The van der Waals surface area contributed by atoms with Gasteiger partial charge in [-0.25, -0.2) is 4.39 Å². The van der Waals surface area contributed by atoms with Gasteiger partial charge in [0.15, 0.2) is 0 Å². The van der Waals surface area contributed by atoms with Gasteiger partial charge in [0, 0.05) is 16.5 Å². The molecule has 0 radical (unpaired) electrons. The molecule has 4 rings (SSSR count). The predicted molar refractivity (Wildman–Crippen MR) is 78.0 cm³/mol. The largest absolute Gasteiger partial charge is 0.319 e. The highest BCUT2D eigenvalue weighted by molar-refractivity contribution is 6.31. The van der Waals surface area contributed by atoms with E-state index in [1.807, 2.05) is 6.07 Å². The molecule has 3 nitrogen and oxygen atoms in total. The van der Waals surface area contributed by atoms with Crippen molar-refractivity contribution in [1.29, 1.82) is 0 Å². The van der Waals surface area contributed by atoms with E-state index in [1.165, 1.54) is 12.1 Å². The first-order valence-corrected chi connectivity index (χ1v) is 6.43. The molecule has 5 heteroatoms. The molecule has 0 aliphatic carbocycles. The molecule has 20 heavy (non-hydrogen) atoms. The minimum Gasteiger partial charge on any atom is -0.319 e. The van der Waals surface area contributed by atoms with Gasteiger partial charge in [-0.15, -0.1) is 0 Å². The summed E-state index contributed by atoms with van der Waals surface area (Å²) < 4.78 is 15.3. The lowest BCUT2D eigenvalue weighted by molar-refractivity contribution is 0.629. The molecule has 0 saturated heterocycles. The van der Waals surface area contributed by atoms with Crippen LogP contribution in [0.2, 0.25) is 5.02 Å². The zero-order valence-corrected chi connectivity index (χ0v) is 10.9. The van der Waals surface area contributed by atoms with Crippen molar-refractivity contribution >= 4 is 39.1 Å². The van der Waals surface area contributed by atoms with Crippen LogP contribution in [0.5, 0.6) is 0 Å². The van der Waals surface area contributed by atoms with Crippen LogP contribution in [0.3, 0.4) is 0 Å². The number of rotatable bonds is 0. The second kappa shape index (κ2) is 3.84. The number of nitrogens with one attached hydrogen (secondary N) is 1.